The lowest BCUT2D eigenvalue weighted by Gasteiger charge is -2.16. The topological polar surface area (TPSA) is 63.3 Å². The average Bonchev–Trinajstić information content (AvgIpc) is 2.69. The minimum absolute atomic E-state index is 0.0176. The summed E-state index contributed by atoms with van der Waals surface area (Å²) >= 11 is 0. The number of rotatable bonds is 16. The minimum Gasteiger partial charge on any atom is -0.396 e. The number of amides is 1. The van der Waals surface area contributed by atoms with Crippen LogP contribution in [0.5, 0.6) is 0 Å². The van der Waals surface area contributed by atoms with Gasteiger partial charge in [0.1, 0.15) is 0 Å². The summed E-state index contributed by atoms with van der Waals surface area (Å²) in [5.41, 5.74) is 5.37. The van der Waals surface area contributed by atoms with Gasteiger partial charge in [-0.15, -0.1) is 0 Å². The van der Waals surface area contributed by atoms with E-state index < -0.39 is 0 Å². The number of nitrogens with two attached hydrogens (primary N) is 1. The van der Waals surface area contributed by atoms with Crippen molar-refractivity contribution in [2.24, 2.45) is 17.6 Å². The summed E-state index contributed by atoms with van der Waals surface area (Å²) in [4.78, 5) is 11.4. The Morgan fingerprint density at radius 3 is 1.43 bits per heavy atom. The van der Waals surface area contributed by atoms with E-state index in [1.54, 1.807) is 0 Å². The highest BCUT2D eigenvalue weighted by molar-refractivity contribution is 5.77. The Hall–Kier alpha value is -2.13. The molecule has 3 N–H and O–H groups in total. The quantitative estimate of drug-likeness (QED) is 0.330. The summed E-state index contributed by atoms with van der Waals surface area (Å²) < 4.78 is 0. The molecule has 0 aromatic rings. The van der Waals surface area contributed by atoms with Gasteiger partial charge in [0.2, 0.25) is 5.91 Å². The number of aliphatic hydroxyl groups excluding tert-OH is 1. The summed E-state index contributed by atoms with van der Waals surface area (Å²) in [5.74, 6) is -0.744. The van der Waals surface area contributed by atoms with E-state index in [0.717, 1.165) is 38.5 Å². The van der Waals surface area contributed by atoms with Gasteiger partial charge in [-0.05, 0) is 50.9 Å². The van der Waals surface area contributed by atoms with E-state index in [2.05, 4.69) is 67.7 Å². The largest absolute Gasteiger partial charge is 0.396 e. The van der Waals surface area contributed by atoms with Crippen LogP contribution in [-0.4, -0.2) is 17.6 Å². The molecule has 0 rings (SSSR count). The highest BCUT2D eigenvalue weighted by Crippen LogP contribution is 2.15. The Kier molecular flexibility index (Phi) is 18.1. The molecule has 0 saturated carbocycles. The molecule has 1 amide bonds. The zero-order chi connectivity index (χ0) is 20.9. The van der Waals surface area contributed by atoms with E-state index in [1.807, 2.05) is 19.1 Å². The van der Waals surface area contributed by atoms with Crippen LogP contribution in [0, 0.1) is 11.8 Å². The Labute approximate surface area is 172 Å². The molecule has 0 saturated heterocycles. The van der Waals surface area contributed by atoms with Crippen molar-refractivity contribution in [1.82, 2.24) is 0 Å². The first-order valence-corrected chi connectivity index (χ1v) is 10.4. The molecule has 28 heavy (non-hydrogen) atoms. The summed E-state index contributed by atoms with van der Waals surface area (Å²) in [6.45, 7) is 3.97. The Balaban J connectivity index is 3.79. The predicted octanol–water partition coefficient (Wildman–Crippen LogP) is 5.80. The van der Waals surface area contributed by atoms with E-state index in [4.69, 9.17) is 10.8 Å². The second-order valence-corrected chi connectivity index (χ2v) is 6.82. The number of allylic oxidation sites excluding steroid dienone is 12. The van der Waals surface area contributed by atoms with Gasteiger partial charge in [0.15, 0.2) is 0 Å². The molecule has 0 heterocycles. The fourth-order valence-electron chi connectivity index (χ4n) is 2.52. The zero-order valence-corrected chi connectivity index (χ0v) is 17.7. The van der Waals surface area contributed by atoms with Crippen molar-refractivity contribution < 1.29 is 9.90 Å². The second kappa shape index (κ2) is 19.6. The number of carbonyl (C=O) groups is 1. The number of aliphatic hydroxyl groups is 1. The van der Waals surface area contributed by atoms with Crippen molar-refractivity contribution in [3.63, 3.8) is 0 Å². The van der Waals surface area contributed by atoms with Crippen molar-refractivity contribution in [3.05, 3.63) is 72.9 Å². The van der Waals surface area contributed by atoms with E-state index in [1.165, 1.54) is 0 Å². The lowest BCUT2D eigenvalue weighted by molar-refractivity contribution is -0.123. The van der Waals surface area contributed by atoms with Crippen LogP contribution in [0.4, 0.5) is 0 Å². The van der Waals surface area contributed by atoms with Crippen LogP contribution in [0.15, 0.2) is 72.9 Å². The van der Waals surface area contributed by atoms with Gasteiger partial charge in [0, 0.05) is 12.5 Å². The molecular weight excluding hydrogens is 346 g/mol. The van der Waals surface area contributed by atoms with Gasteiger partial charge in [-0.25, -0.2) is 0 Å². The molecule has 0 fully saturated rings. The molecule has 0 spiro atoms. The van der Waals surface area contributed by atoms with Gasteiger partial charge in [0.05, 0.1) is 0 Å². The smallest absolute Gasteiger partial charge is 0.221 e. The maximum Gasteiger partial charge on any atom is 0.221 e. The first kappa shape index (κ1) is 25.9. The van der Waals surface area contributed by atoms with Crippen LogP contribution in [0.3, 0.4) is 0 Å². The summed E-state index contributed by atoms with van der Waals surface area (Å²) in [6.07, 6.45) is 32.2. The third kappa shape index (κ3) is 16.1. The Morgan fingerprint density at radius 1 is 0.750 bits per heavy atom. The number of hydrogen-bond donors (Lipinski definition) is 2. The van der Waals surface area contributed by atoms with Crippen LogP contribution in [0.2, 0.25) is 0 Å². The van der Waals surface area contributed by atoms with Gasteiger partial charge in [-0.1, -0.05) is 86.8 Å². The SMILES string of the molecule is CCC=CCC=CCC=CCC=CCC=CCC=CCC(C(N)=O)[C@H](C)CO. The number of carbonyl (C=O) groups excluding carboxylic acids is 1. The average molecular weight is 386 g/mol. The molecule has 1 unspecified atom stereocenters. The third-order valence-electron chi connectivity index (χ3n) is 4.33. The Bertz CT molecular complexity index is 553. The fraction of sp³-hybridized carbons (Fsp3) is 0.480. The van der Waals surface area contributed by atoms with Gasteiger partial charge in [-0.2, -0.15) is 0 Å². The summed E-state index contributed by atoms with van der Waals surface area (Å²) in [5, 5.41) is 9.15. The second-order valence-electron chi connectivity index (χ2n) is 6.82. The number of primary amides is 1. The molecule has 3 heteroatoms. The molecule has 0 radical (unpaired) electrons. The van der Waals surface area contributed by atoms with E-state index in [0.29, 0.717) is 6.42 Å². The van der Waals surface area contributed by atoms with Crippen molar-refractivity contribution >= 4 is 5.91 Å². The molecule has 0 aromatic carbocycles. The maximum absolute atomic E-state index is 11.4. The Morgan fingerprint density at radius 2 is 1.11 bits per heavy atom. The maximum atomic E-state index is 11.4. The molecule has 0 aromatic heterocycles. The third-order valence-corrected chi connectivity index (χ3v) is 4.33. The van der Waals surface area contributed by atoms with Gasteiger partial charge < -0.3 is 10.8 Å². The van der Waals surface area contributed by atoms with E-state index in [-0.39, 0.29) is 24.3 Å². The van der Waals surface area contributed by atoms with Gasteiger partial charge >= 0.3 is 0 Å². The van der Waals surface area contributed by atoms with E-state index in [9.17, 15) is 4.79 Å². The summed E-state index contributed by atoms with van der Waals surface area (Å²) in [6, 6.07) is 0. The molecule has 156 valence electrons. The normalized spacial score (nSPS) is 15.2. The van der Waals surface area contributed by atoms with Crippen molar-refractivity contribution in [2.45, 2.75) is 58.8 Å². The molecule has 3 nitrogen and oxygen atoms in total. The summed E-state index contributed by atoms with van der Waals surface area (Å²) in [7, 11) is 0. The van der Waals surface area contributed by atoms with Crippen LogP contribution < -0.4 is 5.73 Å². The molecular formula is C25H39NO2. The highest BCUT2D eigenvalue weighted by Gasteiger charge is 2.20. The number of hydrogen-bond acceptors (Lipinski definition) is 2. The van der Waals surface area contributed by atoms with Crippen molar-refractivity contribution in [2.75, 3.05) is 6.61 Å². The van der Waals surface area contributed by atoms with Crippen LogP contribution in [0.25, 0.3) is 0 Å². The molecule has 2 atom stereocenters. The fourth-order valence-corrected chi connectivity index (χ4v) is 2.52. The highest BCUT2D eigenvalue weighted by atomic mass is 16.3. The van der Waals surface area contributed by atoms with Gasteiger partial charge in [-0.3, -0.25) is 4.79 Å². The van der Waals surface area contributed by atoms with E-state index >= 15 is 0 Å². The van der Waals surface area contributed by atoms with Crippen molar-refractivity contribution in [3.8, 4) is 0 Å². The first-order chi connectivity index (χ1) is 13.6. The van der Waals surface area contributed by atoms with Crippen LogP contribution >= 0.6 is 0 Å². The minimum atomic E-state index is -0.346. The first-order valence-electron chi connectivity index (χ1n) is 10.4. The lowest BCUT2D eigenvalue weighted by Crippen LogP contribution is -2.30. The zero-order valence-electron chi connectivity index (χ0n) is 17.7. The van der Waals surface area contributed by atoms with Crippen LogP contribution in [-0.2, 0) is 4.79 Å². The molecule has 0 aliphatic heterocycles. The van der Waals surface area contributed by atoms with Gasteiger partial charge in [0.25, 0.3) is 0 Å². The van der Waals surface area contributed by atoms with Crippen LogP contribution in [0.1, 0.15) is 58.8 Å². The molecule has 0 aliphatic carbocycles. The predicted molar refractivity (Wildman–Crippen MR) is 122 cm³/mol. The molecule has 0 aliphatic rings. The molecule has 0 bridgehead atoms. The standard InChI is InChI=1S/C25H39NO2/c1-3-4-5-6-7-8-9-10-11-12-13-14-15-16-17-18-19-20-21-24(25(26)28)23(2)22-27/h4-5,7-8,10-11,13-14,16-17,19-20,23-24,27H,3,6,9,12,15,18,21-22H2,1-2H3,(H2,26,28)/t23-,24?/m1/s1. The lowest BCUT2D eigenvalue weighted by atomic mass is 9.91. The van der Waals surface area contributed by atoms with Crippen molar-refractivity contribution in [1.29, 1.82) is 0 Å². The monoisotopic (exact) mass is 385 g/mol.